The number of carboxylic acids is 1. The standard InChI is InChI=1S/C30H32FNO3/c1-20-16-24(19-32-15-8-7-14-28(32)30(33)34)29(35-3)18-26(20)27(31)17-23-12-9-13-25(21(23)2)22-10-5-4-6-11-22/h4-6,9-13,16-18,28H,7-8,14-15,19H2,1-3H3,(H,33,34)/b27-17-/t28-/m0/s1. The third-order valence-corrected chi connectivity index (χ3v) is 6.90. The molecule has 3 aromatic carbocycles. The van der Waals surface area contributed by atoms with Crippen molar-refractivity contribution in [3.8, 4) is 16.9 Å². The molecule has 0 bridgehead atoms. The number of carboxylic acid groups (broad SMARTS) is 1. The highest BCUT2D eigenvalue weighted by molar-refractivity contribution is 5.82. The lowest BCUT2D eigenvalue weighted by Crippen LogP contribution is -2.44. The van der Waals surface area contributed by atoms with E-state index in [2.05, 4.69) is 12.1 Å². The fourth-order valence-corrected chi connectivity index (χ4v) is 4.95. The molecule has 1 fully saturated rings. The van der Waals surface area contributed by atoms with Crippen LogP contribution in [0.1, 0.15) is 47.1 Å². The summed E-state index contributed by atoms with van der Waals surface area (Å²) in [5.74, 6) is -0.556. The topological polar surface area (TPSA) is 49.8 Å². The fourth-order valence-electron chi connectivity index (χ4n) is 4.95. The molecule has 3 aromatic rings. The van der Waals surface area contributed by atoms with E-state index in [9.17, 15) is 9.90 Å². The second kappa shape index (κ2) is 10.9. The molecule has 1 N–H and O–H groups in total. The van der Waals surface area contributed by atoms with Gasteiger partial charge in [-0.1, -0.05) is 61.0 Å². The quantitative estimate of drug-likeness (QED) is 0.380. The van der Waals surface area contributed by atoms with E-state index in [1.54, 1.807) is 19.3 Å². The first-order valence-electron chi connectivity index (χ1n) is 12.1. The van der Waals surface area contributed by atoms with Crippen LogP contribution in [0.25, 0.3) is 23.0 Å². The Hall–Kier alpha value is -3.44. The molecule has 1 heterocycles. The Labute approximate surface area is 206 Å². The van der Waals surface area contributed by atoms with Crippen LogP contribution >= 0.6 is 0 Å². The zero-order chi connectivity index (χ0) is 24.9. The minimum Gasteiger partial charge on any atom is -0.496 e. The van der Waals surface area contributed by atoms with Crippen LogP contribution in [0.15, 0.2) is 60.7 Å². The van der Waals surface area contributed by atoms with E-state index in [4.69, 9.17) is 4.74 Å². The minimum absolute atomic E-state index is 0.331. The molecule has 0 spiro atoms. The van der Waals surface area contributed by atoms with Gasteiger partial charge in [0.1, 0.15) is 17.6 Å². The van der Waals surface area contributed by atoms with Gasteiger partial charge in [0.05, 0.1) is 7.11 Å². The zero-order valence-corrected chi connectivity index (χ0v) is 20.6. The van der Waals surface area contributed by atoms with Crippen LogP contribution in [0, 0.1) is 13.8 Å². The highest BCUT2D eigenvalue weighted by atomic mass is 19.1. The van der Waals surface area contributed by atoms with Gasteiger partial charge in [0.15, 0.2) is 0 Å². The molecule has 0 amide bonds. The van der Waals surface area contributed by atoms with Crippen molar-refractivity contribution in [1.82, 2.24) is 4.90 Å². The summed E-state index contributed by atoms with van der Waals surface area (Å²) in [7, 11) is 1.57. The van der Waals surface area contributed by atoms with Crippen molar-refractivity contribution < 1.29 is 19.0 Å². The number of halogens is 1. The normalized spacial score (nSPS) is 16.8. The number of methoxy groups -OCH3 is 1. The van der Waals surface area contributed by atoms with Crippen LogP contribution in [-0.2, 0) is 11.3 Å². The van der Waals surface area contributed by atoms with E-state index in [0.717, 1.165) is 52.8 Å². The molecule has 0 radical (unpaired) electrons. The third-order valence-electron chi connectivity index (χ3n) is 6.90. The molecule has 4 rings (SSSR count). The van der Waals surface area contributed by atoms with E-state index in [1.807, 2.05) is 61.2 Å². The number of nitrogens with zero attached hydrogens (tertiary/aromatic N) is 1. The minimum atomic E-state index is -0.793. The van der Waals surface area contributed by atoms with Gasteiger partial charge >= 0.3 is 5.97 Å². The first kappa shape index (κ1) is 24.7. The second-order valence-corrected chi connectivity index (χ2v) is 9.18. The largest absolute Gasteiger partial charge is 0.496 e. The number of carbonyl (C=O) groups is 1. The van der Waals surface area contributed by atoms with Crippen LogP contribution < -0.4 is 4.74 Å². The summed E-state index contributed by atoms with van der Waals surface area (Å²) in [5.41, 5.74) is 6.14. The molecule has 0 aromatic heterocycles. The molecule has 0 aliphatic carbocycles. The summed E-state index contributed by atoms with van der Waals surface area (Å²) in [4.78, 5) is 13.7. The molecule has 1 aliphatic rings. The van der Waals surface area contributed by atoms with Crippen molar-refractivity contribution in [3.05, 3.63) is 88.5 Å². The van der Waals surface area contributed by atoms with Crippen molar-refractivity contribution in [2.24, 2.45) is 0 Å². The van der Waals surface area contributed by atoms with Gasteiger partial charge in [-0.2, -0.15) is 0 Å². The smallest absolute Gasteiger partial charge is 0.320 e. The number of piperidine rings is 1. The number of likely N-dealkylation sites (tertiary alicyclic amines) is 1. The summed E-state index contributed by atoms with van der Waals surface area (Å²) in [6.07, 6.45) is 4.12. The molecular weight excluding hydrogens is 441 g/mol. The molecule has 0 unspecified atom stereocenters. The van der Waals surface area contributed by atoms with Gasteiger partial charge < -0.3 is 9.84 Å². The molecule has 0 saturated carbocycles. The van der Waals surface area contributed by atoms with Crippen molar-refractivity contribution in [1.29, 1.82) is 0 Å². The number of ether oxygens (including phenoxy) is 1. The first-order chi connectivity index (χ1) is 16.9. The molecule has 4 nitrogen and oxygen atoms in total. The molecule has 5 heteroatoms. The SMILES string of the molecule is COc1cc(/C(F)=C/c2cccc(-c3ccccc3)c2C)c(C)cc1CN1CCCC[C@H]1C(=O)O. The van der Waals surface area contributed by atoms with Gasteiger partial charge in [0.25, 0.3) is 0 Å². The van der Waals surface area contributed by atoms with Crippen molar-refractivity contribution in [3.63, 3.8) is 0 Å². The Balaban J connectivity index is 1.65. The summed E-state index contributed by atoms with van der Waals surface area (Å²) in [5, 5.41) is 9.61. The summed E-state index contributed by atoms with van der Waals surface area (Å²) in [6, 6.07) is 19.2. The number of hydrogen-bond acceptors (Lipinski definition) is 3. The highest BCUT2D eigenvalue weighted by Crippen LogP contribution is 2.33. The number of benzene rings is 3. The van der Waals surface area contributed by atoms with Crippen molar-refractivity contribution in [2.45, 2.75) is 45.7 Å². The van der Waals surface area contributed by atoms with Gasteiger partial charge in [0, 0.05) is 17.7 Å². The lowest BCUT2D eigenvalue weighted by molar-refractivity contribution is -0.144. The van der Waals surface area contributed by atoms with Crippen LogP contribution in [0.3, 0.4) is 0 Å². The summed E-state index contributed by atoms with van der Waals surface area (Å²) >= 11 is 0. The summed E-state index contributed by atoms with van der Waals surface area (Å²) in [6.45, 7) is 5.08. The van der Waals surface area contributed by atoms with E-state index < -0.39 is 12.0 Å². The predicted molar refractivity (Wildman–Crippen MR) is 139 cm³/mol. The van der Waals surface area contributed by atoms with Crippen LogP contribution in [0.2, 0.25) is 0 Å². The maximum absolute atomic E-state index is 15.6. The van der Waals surface area contributed by atoms with Crippen LogP contribution in [0.5, 0.6) is 5.75 Å². The van der Waals surface area contributed by atoms with E-state index in [1.165, 1.54) is 0 Å². The van der Waals surface area contributed by atoms with Gasteiger partial charge in [-0.15, -0.1) is 0 Å². The number of hydrogen-bond donors (Lipinski definition) is 1. The summed E-state index contributed by atoms with van der Waals surface area (Å²) < 4.78 is 21.2. The van der Waals surface area contributed by atoms with Crippen molar-refractivity contribution >= 4 is 17.9 Å². The Morgan fingerprint density at radius 2 is 1.89 bits per heavy atom. The molecular formula is C30H32FNO3. The lowest BCUT2D eigenvalue weighted by atomic mass is 9.95. The van der Waals surface area contributed by atoms with Gasteiger partial charge in [-0.3, -0.25) is 9.69 Å². The number of aliphatic carboxylic acids is 1. The van der Waals surface area contributed by atoms with Crippen molar-refractivity contribution in [2.75, 3.05) is 13.7 Å². The van der Waals surface area contributed by atoms with E-state index in [-0.39, 0.29) is 5.83 Å². The molecule has 182 valence electrons. The van der Waals surface area contributed by atoms with Crippen LogP contribution in [-0.4, -0.2) is 35.7 Å². The average Bonchev–Trinajstić information content (AvgIpc) is 2.86. The molecule has 1 aliphatic heterocycles. The zero-order valence-electron chi connectivity index (χ0n) is 20.6. The van der Waals surface area contributed by atoms with Gasteiger partial charge in [-0.05, 0) is 73.2 Å². The van der Waals surface area contributed by atoms with Gasteiger partial charge in [0.2, 0.25) is 0 Å². The maximum atomic E-state index is 15.6. The first-order valence-corrected chi connectivity index (χ1v) is 12.1. The highest BCUT2D eigenvalue weighted by Gasteiger charge is 2.29. The third kappa shape index (κ3) is 5.46. The Morgan fingerprint density at radius 1 is 1.11 bits per heavy atom. The maximum Gasteiger partial charge on any atom is 0.320 e. The molecule has 1 atom stereocenters. The van der Waals surface area contributed by atoms with E-state index in [0.29, 0.717) is 24.3 Å². The van der Waals surface area contributed by atoms with Crippen LogP contribution in [0.4, 0.5) is 4.39 Å². The Bertz CT molecular complexity index is 1240. The monoisotopic (exact) mass is 473 g/mol. The molecule has 35 heavy (non-hydrogen) atoms. The average molecular weight is 474 g/mol. The fraction of sp³-hybridized carbons (Fsp3) is 0.300. The predicted octanol–water partition coefficient (Wildman–Crippen LogP) is 6.89. The number of rotatable bonds is 7. The van der Waals surface area contributed by atoms with Gasteiger partial charge in [-0.25, -0.2) is 4.39 Å². The Morgan fingerprint density at radius 3 is 2.60 bits per heavy atom. The Kier molecular flexibility index (Phi) is 7.67. The molecule has 1 saturated heterocycles. The lowest BCUT2D eigenvalue weighted by Gasteiger charge is -2.33. The number of aryl methyl sites for hydroxylation is 1. The second-order valence-electron chi connectivity index (χ2n) is 9.18. The van der Waals surface area contributed by atoms with E-state index >= 15 is 4.39 Å².